The Labute approximate surface area is 188 Å². The molecular weight excluding hydrogens is 404 g/mol. The Morgan fingerprint density at radius 2 is 1.44 bits per heavy atom. The van der Waals surface area contributed by atoms with Gasteiger partial charge in [-0.15, -0.1) is 0 Å². The summed E-state index contributed by atoms with van der Waals surface area (Å²) in [5.41, 5.74) is 1.86. The van der Waals surface area contributed by atoms with Gasteiger partial charge in [0, 0.05) is 26.2 Å². The summed E-state index contributed by atoms with van der Waals surface area (Å²) in [6, 6.07) is 19.0. The highest BCUT2D eigenvalue weighted by Gasteiger charge is 2.28. The molecule has 0 saturated carbocycles. The molecule has 2 aromatic carbocycles. The minimum absolute atomic E-state index is 0.158. The van der Waals surface area contributed by atoms with Crippen LogP contribution in [-0.2, 0) is 6.42 Å². The molecule has 0 N–H and O–H groups in total. The highest BCUT2D eigenvalue weighted by atomic mass is 16.6. The molecule has 0 bridgehead atoms. The van der Waals surface area contributed by atoms with E-state index in [0.29, 0.717) is 31.0 Å². The minimum Gasteiger partial charge on any atom is -0.391 e. The molecule has 1 saturated heterocycles. The van der Waals surface area contributed by atoms with Crippen LogP contribution in [-0.4, -0.2) is 58.5 Å². The van der Waals surface area contributed by atoms with Crippen molar-refractivity contribution in [3.05, 3.63) is 76.6 Å². The molecular formula is C25H30N4O3. The fraction of sp³-hybridized carbons (Fsp3) is 0.360. The van der Waals surface area contributed by atoms with Gasteiger partial charge in [0.1, 0.15) is 0 Å². The summed E-state index contributed by atoms with van der Waals surface area (Å²) in [7, 11) is 2.04. The predicted molar refractivity (Wildman–Crippen MR) is 125 cm³/mol. The Balaban J connectivity index is 1.84. The van der Waals surface area contributed by atoms with E-state index < -0.39 is 6.09 Å². The lowest BCUT2D eigenvalue weighted by Crippen LogP contribution is -2.48. The third-order valence-electron chi connectivity index (χ3n) is 5.83. The van der Waals surface area contributed by atoms with Crippen LogP contribution < -0.4 is 10.3 Å². The Hall–Kier alpha value is -3.32. The lowest BCUT2D eigenvalue weighted by Gasteiger charge is -2.31. The highest BCUT2D eigenvalue weighted by molar-refractivity contribution is 5.71. The fourth-order valence-electron chi connectivity index (χ4n) is 3.94. The van der Waals surface area contributed by atoms with E-state index >= 15 is 0 Å². The first kappa shape index (κ1) is 21.9. The van der Waals surface area contributed by atoms with Crippen LogP contribution in [0.4, 0.5) is 4.79 Å². The molecule has 1 fully saturated rings. The van der Waals surface area contributed by atoms with Crippen molar-refractivity contribution in [1.82, 2.24) is 19.2 Å². The molecule has 1 aromatic heterocycles. The molecule has 0 atom stereocenters. The van der Waals surface area contributed by atoms with Crippen LogP contribution >= 0.6 is 0 Å². The van der Waals surface area contributed by atoms with Gasteiger partial charge in [-0.3, -0.25) is 4.79 Å². The molecule has 32 heavy (non-hydrogen) atoms. The van der Waals surface area contributed by atoms with E-state index in [0.717, 1.165) is 37.3 Å². The molecule has 168 valence electrons. The van der Waals surface area contributed by atoms with Crippen LogP contribution in [0.5, 0.6) is 5.88 Å². The molecule has 7 heteroatoms. The standard InChI is InChI=1S/C25H30N4O3/c1-3-4-15-22-23(30)28(20-11-7-5-8-12-20)29(21-13-9-6-10-14-21)24(22)32-25(31)27-18-16-26(2)17-19-27/h5-14H,3-4,15-19H2,1-2H3. The van der Waals surface area contributed by atoms with Gasteiger partial charge in [0.2, 0.25) is 5.88 Å². The summed E-state index contributed by atoms with van der Waals surface area (Å²) in [5.74, 6) is 0.308. The third kappa shape index (κ3) is 4.48. The van der Waals surface area contributed by atoms with E-state index in [1.807, 2.05) is 67.7 Å². The number of likely N-dealkylation sites (N-methyl/N-ethyl adjacent to an activating group) is 1. The van der Waals surface area contributed by atoms with Gasteiger partial charge < -0.3 is 14.5 Å². The molecule has 1 aliphatic rings. The summed E-state index contributed by atoms with van der Waals surface area (Å²) >= 11 is 0. The van der Waals surface area contributed by atoms with Gasteiger partial charge in [-0.2, -0.15) is 0 Å². The second kappa shape index (κ2) is 9.87. The van der Waals surface area contributed by atoms with E-state index in [1.54, 1.807) is 14.3 Å². The number of benzene rings is 2. The number of piperazine rings is 1. The van der Waals surface area contributed by atoms with Crippen LogP contribution in [0.3, 0.4) is 0 Å². The van der Waals surface area contributed by atoms with Crippen LogP contribution in [0.25, 0.3) is 11.4 Å². The van der Waals surface area contributed by atoms with Crippen LogP contribution in [0.1, 0.15) is 25.3 Å². The molecule has 0 radical (unpaired) electrons. The van der Waals surface area contributed by atoms with E-state index in [9.17, 15) is 9.59 Å². The quantitative estimate of drug-likeness (QED) is 0.593. The average molecular weight is 435 g/mol. The summed E-state index contributed by atoms with van der Waals surface area (Å²) in [5, 5.41) is 0. The van der Waals surface area contributed by atoms with Gasteiger partial charge in [0.25, 0.3) is 5.56 Å². The van der Waals surface area contributed by atoms with Gasteiger partial charge in [-0.1, -0.05) is 49.7 Å². The molecule has 0 unspecified atom stereocenters. The van der Waals surface area contributed by atoms with Crippen LogP contribution in [0, 0.1) is 0 Å². The lowest BCUT2D eigenvalue weighted by molar-refractivity contribution is 0.118. The number of carbonyl (C=O) groups excluding carboxylic acids is 1. The summed E-state index contributed by atoms with van der Waals surface area (Å²) < 4.78 is 9.33. The van der Waals surface area contributed by atoms with Crippen molar-refractivity contribution in [2.24, 2.45) is 0 Å². The Morgan fingerprint density at radius 1 is 0.875 bits per heavy atom. The van der Waals surface area contributed by atoms with Gasteiger partial charge in [-0.25, -0.2) is 14.2 Å². The summed E-state index contributed by atoms with van der Waals surface area (Å²) in [6.07, 6.45) is 1.91. The number of nitrogens with zero attached hydrogens (tertiary/aromatic N) is 4. The fourth-order valence-corrected chi connectivity index (χ4v) is 3.94. The number of carbonyl (C=O) groups is 1. The van der Waals surface area contributed by atoms with Crippen molar-refractivity contribution >= 4 is 6.09 Å². The van der Waals surface area contributed by atoms with E-state index in [2.05, 4.69) is 11.8 Å². The van der Waals surface area contributed by atoms with Gasteiger partial charge in [0.15, 0.2) is 0 Å². The normalized spacial score (nSPS) is 14.5. The van der Waals surface area contributed by atoms with Crippen LogP contribution in [0.15, 0.2) is 65.5 Å². The first-order chi connectivity index (χ1) is 15.6. The zero-order chi connectivity index (χ0) is 22.5. The molecule has 1 amide bonds. The molecule has 2 heterocycles. The third-order valence-corrected chi connectivity index (χ3v) is 5.83. The molecule has 1 aliphatic heterocycles. The number of hydrogen-bond donors (Lipinski definition) is 0. The first-order valence-corrected chi connectivity index (χ1v) is 11.2. The SMILES string of the molecule is CCCCc1c(OC(=O)N2CCN(C)CC2)n(-c2ccccc2)n(-c2ccccc2)c1=O. The van der Waals surface area contributed by atoms with E-state index in [1.165, 1.54) is 0 Å². The maximum absolute atomic E-state index is 13.6. The first-order valence-electron chi connectivity index (χ1n) is 11.2. The van der Waals surface area contributed by atoms with E-state index in [4.69, 9.17) is 4.74 Å². The molecule has 0 aliphatic carbocycles. The predicted octanol–water partition coefficient (Wildman–Crippen LogP) is 3.72. The number of hydrogen-bond acceptors (Lipinski definition) is 4. The molecule has 0 spiro atoms. The smallest absolute Gasteiger partial charge is 0.391 e. The minimum atomic E-state index is -0.411. The molecule has 3 aromatic rings. The van der Waals surface area contributed by atoms with Crippen molar-refractivity contribution in [3.8, 4) is 17.3 Å². The lowest BCUT2D eigenvalue weighted by atomic mass is 10.1. The van der Waals surface area contributed by atoms with Crippen LogP contribution in [0.2, 0.25) is 0 Å². The molecule has 4 rings (SSSR count). The number of amides is 1. The van der Waals surface area contributed by atoms with Gasteiger partial charge >= 0.3 is 6.09 Å². The Morgan fingerprint density at radius 3 is 2.00 bits per heavy atom. The van der Waals surface area contributed by atoms with Crippen molar-refractivity contribution < 1.29 is 9.53 Å². The summed E-state index contributed by atoms with van der Waals surface area (Å²) in [4.78, 5) is 30.6. The summed E-state index contributed by atoms with van der Waals surface area (Å²) in [6.45, 7) is 4.89. The second-order valence-corrected chi connectivity index (χ2v) is 8.15. The van der Waals surface area contributed by atoms with Crippen molar-refractivity contribution in [2.45, 2.75) is 26.2 Å². The number of rotatable bonds is 6. The van der Waals surface area contributed by atoms with Gasteiger partial charge in [-0.05, 0) is 44.2 Å². The molecule has 7 nitrogen and oxygen atoms in total. The average Bonchev–Trinajstić information content (AvgIpc) is 3.10. The maximum atomic E-state index is 13.6. The maximum Gasteiger partial charge on any atom is 0.416 e. The zero-order valence-corrected chi connectivity index (χ0v) is 18.7. The van der Waals surface area contributed by atoms with E-state index in [-0.39, 0.29) is 5.56 Å². The number of ether oxygens (including phenoxy) is 1. The Bertz CT molecular complexity index is 1100. The zero-order valence-electron chi connectivity index (χ0n) is 18.7. The van der Waals surface area contributed by atoms with Gasteiger partial charge in [0.05, 0.1) is 16.9 Å². The largest absolute Gasteiger partial charge is 0.416 e. The van der Waals surface area contributed by atoms with Crippen molar-refractivity contribution in [1.29, 1.82) is 0 Å². The van der Waals surface area contributed by atoms with Crippen molar-refractivity contribution in [3.63, 3.8) is 0 Å². The number of aromatic nitrogens is 2. The Kier molecular flexibility index (Phi) is 6.75. The van der Waals surface area contributed by atoms with Crippen molar-refractivity contribution in [2.75, 3.05) is 33.2 Å². The highest BCUT2D eigenvalue weighted by Crippen LogP contribution is 2.26. The topological polar surface area (TPSA) is 59.7 Å². The number of unbranched alkanes of at least 4 members (excludes halogenated alkanes) is 1. The second-order valence-electron chi connectivity index (χ2n) is 8.15. The number of para-hydroxylation sites is 2. The monoisotopic (exact) mass is 434 g/mol.